The number of aliphatic imine (C=N–C) groups is 1. The van der Waals surface area contributed by atoms with Crippen molar-refractivity contribution in [2.45, 2.75) is 26.3 Å². The molecule has 0 aliphatic heterocycles. The molecule has 0 saturated heterocycles. The minimum atomic E-state index is 0.280. The Morgan fingerprint density at radius 3 is 2.89 bits per heavy atom. The lowest BCUT2D eigenvalue weighted by Gasteiger charge is -2.08. The quantitative estimate of drug-likeness (QED) is 0.494. The molecule has 1 rings (SSSR count). The SMILES string of the molecule is CC[C@H](C)N=C(N)SCCOc1ccccc1Cl. The van der Waals surface area contributed by atoms with E-state index in [-0.39, 0.29) is 6.04 Å². The van der Waals surface area contributed by atoms with E-state index < -0.39 is 0 Å². The number of ether oxygens (including phenoxy) is 1. The maximum atomic E-state index is 5.97. The summed E-state index contributed by atoms with van der Waals surface area (Å²) in [7, 11) is 0. The first-order valence-electron chi connectivity index (χ1n) is 5.97. The molecule has 1 aromatic rings. The van der Waals surface area contributed by atoms with Crippen LogP contribution >= 0.6 is 23.4 Å². The van der Waals surface area contributed by atoms with Crippen LogP contribution in [0.2, 0.25) is 5.02 Å². The summed E-state index contributed by atoms with van der Waals surface area (Å²) in [5.41, 5.74) is 5.79. The van der Waals surface area contributed by atoms with Crippen molar-refractivity contribution in [3.63, 3.8) is 0 Å². The molecule has 0 spiro atoms. The number of hydrogen-bond donors (Lipinski definition) is 1. The molecule has 0 amide bonds. The van der Waals surface area contributed by atoms with Gasteiger partial charge in [0, 0.05) is 11.8 Å². The summed E-state index contributed by atoms with van der Waals surface area (Å²) in [6.07, 6.45) is 0.997. The molecule has 0 aromatic heterocycles. The monoisotopic (exact) mass is 286 g/mol. The zero-order valence-corrected chi connectivity index (χ0v) is 12.3. The first-order valence-corrected chi connectivity index (χ1v) is 7.33. The molecule has 0 heterocycles. The average molecular weight is 287 g/mol. The van der Waals surface area contributed by atoms with Gasteiger partial charge in [-0.2, -0.15) is 0 Å². The smallest absolute Gasteiger partial charge is 0.154 e. The van der Waals surface area contributed by atoms with Gasteiger partial charge in [-0.3, -0.25) is 4.99 Å². The highest BCUT2D eigenvalue weighted by Gasteiger charge is 2.01. The predicted octanol–water partition coefficient (Wildman–Crippen LogP) is 3.57. The van der Waals surface area contributed by atoms with Crippen molar-refractivity contribution in [3.05, 3.63) is 29.3 Å². The molecular formula is C13H19ClN2OS. The van der Waals surface area contributed by atoms with Gasteiger partial charge in [0.2, 0.25) is 0 Å². The number of amidine groups is 1. The zero-order valence-electron chi connectivity index (χ0n) is 10.7. The molecule has 0 bridgehead atoms. The Morgan fingerprint density at radius 2 is 2.22 bits per heavy atom. The summed E-state index contributed by atoms with van der Waals surface area (Å²) in [6, 6.07) is 7.71. The van der Waals surface area contributed by atoms with E-state index in [4.69, 9.17) is 22.1 Å². The second-order valence-corrected chi connectivity index (χ2v) is 5.37. The van der Waals surface area contributed by atoms with Crippen molar-refractivity contribution >= 4 is 28.5 Å². The average Bonchev–Trinajstić information content (AvgIpc) is 2.36. The number of benzene rings is 1. The van der Waals surface area contributed by atoms with Crippen LogP contribution in [0.4, 0.5) is 0 Å². The molecule has 1 aromatic carbocycles. The molecule has 0 aliphatic rings. The fourth-order valence-corrected chi connectivity index (χ4v) is 2.03. The maximum Gasteiger partial charge on any atom is 0.154 e. The van der Waals surface area contributed by atoms with Crippen molar-refractivity contribution in [1.29, 1.82) is 0 Å². The van der Waals surface area contributed by atoms with Crippen molar-refractivity contribution in [2.75, 3.05) is 12.4 Å². The van der Waals surface area contributed by atoms with Crippen LogP contribution in [-0.2, 0) is 0 Å². The van der Waals surface area contributed by atoms with Crippen LogP contribution in [0, 0.1) is 0 Å². The standard InChI is InChI=1S/C13H19ClN2OS/c1-3-10(2)16-13(15)18-9-8-17-12-7-5-4-6-11(12)14/h4-7,10H,3,8-9H2,1-2H3,(H2,15,16)/t10-/m0/s1. The molecule has 1 atom stereocenters. The largest absolute Gasteiger partial charge is 0.491 e. The Bertz CT molecular complexity index is 398. The van der Waals surface area contributed by atoms with E-state index >= 15 is 0 Å². The number of nitrogens with zero attached hydrogens (tertiary/aromatic N) is 1. The Balaban J connectivity index is 2.27. The number of nitrogens with two attached hydrogens (primary N) is 1. The highest BCUT2D eigenvalue weighted by molar-refractivity contribution is 8.13. The Labute approximate surface area is 118 Å². The fraction of sp³-hybridized carbons (Fsp3) is 0.462. The van der Waals surface area contributed by atoms with Crippen LogP contribution in [0.5, 0.6) is 5.75 Å². The maximum absolute atomic E-state index is 5.97. The first-order chi connectivity index (χ1) is 8.63. The van der Waals surface area contributed by atoms with E-state index in [0.717, 1.165) is 12.2 Å². The van der Waals surface area contributed by atoms with E-state index in [1.54, 1.807) is 0 Å². The van der Waals surface area contributed by atoms with E-state index in [0.29, 0.717) is 22.5 Å². The highest BCUT2D eigenvalue weighted by atomic mass is 35.5. The van der Waals surface area contributed by atoms with Gasteiger partial charge in [-0.1, -0.05) is 42.4 Å². The Morgan fingerprint density at radius 1 is 1.50 bits per heavy atom. The van der Waals surface area contributed by atoms with Gasteiger partial charge in [0.1, 0.15) is 5.75 Å². The van der Waals surface area contributed by atoms with Crippen LogP contribution in [0.1, 0.15) is 20.3 Å². The van der Waals surface area contributed by atoms with Crippen LogP contribution < -0.4 is 10.5 Å². The first kappa shape index (κ1) is 15.2. The Kier molecular flexibility index (Phi) is 6.98. The summed E-state index contributed by atoms with van der Waals surface area (Å²) in [5.74, 6) is 1.47. The van der Waals surface area contributed by atoms with E-state index in [9.17, 15) is 0 Å². The van der Waals surface area contributed by atoms with Crippen LogP contribution in [-0.4, -0.2) is 23.6 Å². The summed E-state index contributed by atoms with van der Waals surface area (Å²) in [6.45, 7) is 4.70. The molecular weight excluding hydrogens is 268 g/mol. The lowest BCUT2D eigenvalue weighted by Crippen LogP contribution is -2.13. The number of thioether (sulfide) groups is 1. The summed E-state index contributed by atoms with van der Waals surface area (Å²) in [4.78, 5) is 4.33. The molecule has 2 N–H and O–H groups in total. The molecule has 0 unspecified atom stereocenters. The second kappa shape index (κ2) is 8.27. The van der Waals surface area contributed by atoms with Gasteiger partial charge in [-0.05, 0) is 25.5 Å². The van der Waals surface area contributed by atoms with E-state index in [1.807, 2.05) is 31.2 Å². The zero-order chi connectivity index (χ0) is 13.4. The molecule has 18 heavy (non-hydrogen) atoms. The van der Waals surface area contributed by atoms with Gasteiger partial charge in [0.25, 0.3) is 0 Å². The molecule has 5 heteroatoms. The van der Waals surface area contributed by atoms with Crippen molar-refractivity contribution < 1.29 is 4.74 Å². The van der Waals surface area contributed by atoms with E-state index in [2.05, 4.69) is 11.9 Å². The number of rotatable bonds is 6. The third kappa shape index (κ3) is 5.65. The van der Waals surface area contributed by atoms with Gasteiger partial charge in [0.05, 0.1) is 11.6 Å². The number of para-hydroxylation sites is 1. The summed E-state index contributed by atoms with van der Waals surface area (Å²) < 4.78 is 5.56. The van der Waals surface area contributed by atoms with Crippen molar-refractivity contribution in [2.24, 2.45) is 10.7 Å². The topological polar surface area (TPSA) is 47.6 Å². The number of halogens is 1. The van der Waals surface area contributed by atoms with Crippen molar-refractivity contribution in [3.8, 4) is 5.75 Å². The highest BCUT2D eigenvalue weighted by Crippen LogP contribution is 2.23. The molecule has 0 fully saturated rings. The Hall–Kier alpha value is -0.870. The van der Waals surface area contributed by atoms with Crippen LogP contribution in [0.3, 0.4) is 0 Å². The third-order valence-corrected chi connectivity index (χ3v) is 3.45. The predicted molar refractivity (Wildman–Crippen MR) is 80.8 cm³/mol. The fourth-order valence-electron chi connectivity index (χ4n) is 1.21. The lowest BCUT2D eigenvalue weighted by molar-refractivity contribution is 0.344. The van der Waals surface area contributed by atoms with Crippen LogP contribution in [0.25, 0.3) is 0 Å². The second-order valence-electron chi connectivity index (χ2n) is 3.85. The molecule has 0 aliphatic carbocycles. The van der Waals surface area contributed by atoms with Gasteiger partial charge >= 0.3 is 0 Å². The normalized spacial score (nSPS) is 13.4. The molecule has 3 nitrogen and oxygen atoms in total. The van der Waals surface area contributed by atoms with E-state index in [1.165, 1.54) is 11.8 Å². The van der Waals surface area contributed by atoms with Gasteiger partial charge < -0.3 is 10.5 Å². The van der Waals surface area contributed by atoms with Gasteiger partial charge in [0.15, 0.2) is 5.17 Å². The minimum absolute atomic E-state index is 0.280. The van der Waals surface area contributed by atoms with Crippen molar-refractivity contribution in [1.82, 2.24) is 0 Å². The van der Waals surface area contributed by atoms with Gasteiger partial charge in [-0.25, -0.2) is 0 Å². The molecule has 100 valence electrons. The third-order valence-electron chi connectivity index (χ3n) is 2.37. The molecule has 0 saturated carbocycles. The summed E-state index contributed by atoms with van der Waals surface area (Å²) >= 11 is 7.48. The van der Waals surface area contributed by atoms with Gasteiger partial charge in [-0.15, -0.1) is 0 Å². The lowest BCUT2D eigenvalue weighted by atomic mass is 10.3. The minimum Gasteiger partial charge on any atom is -0.491 e. The summed E-state index contributed by atoms with van der Waals surface area (Å²) in [5, 5.41) is 1.25. The van der Waals surface area contributed by atoms with Crippen LogP contribution in [0.15, 0.2) is 29.3 Å². The number of hydrogen-bond acceptors (Lipinski definition) is 3. The molecule has 0 radical (unpaired) electrons.